The van der Waals surface area contributed by atoms with Crippen molar-refractivity contribution in [3.05, 3.63) is 34.3 Å². The Morgan fingerprint density at radius 2 is 2.20 bits per heavy atom. The highest BCUT2D eigenvalue weighted by molar-refractivity contribution is 9.10. The predicted molar refractivity (Wildman–Crippen MR) is 48.4 cm³/mol. The Bertz CT molecular complexity index is 220. The third-order valence-corrected chi connectivity index (χ3v) is 2.05. The lowest BCUT2D eigenvalue weighted by Crippen LogP contribution is -1.81. The molecule has 0 spiro atoms. The first-order valence-electron chi connectivity index (χ1n) is 3.09. The van der Waals surface area contributed by atoms with Crippen LogP contribution in [0.4, 0.5) is 0 Å². The zero-order valence-corrected chi connectivity index (χ0v) is 7.98. The second-order valence-corrected chi connectivity index (χ2v) is 3.74. The summed E-state index contributed by atoms with van der Waals surface area (Å²) in [5, 5.41) is 0.0949. The Morgan fingerprint density at radius 3 is 2.60 bits per heavy atom. The van der Waals surface area contributed by atoms with Crippen molar-refractivity contribution in [1.82, 2.24) is 0 Å². The third-order valence-electron chi connectivity index (χ3n) is 1.31. The molecule has 0 saturated carbocycles. The van der Waals surface area contributed by atoms with Crippen LogP contribution in [0.25, 0.3) is 0 Å². The fraction of sp³-hybridized carbons (Fsp3) is 0.250. The molecule has 0 fully saturated rings. The number of alkyl halides is 1. The van der Waals surface area contributed by atoms with Crippen molar-refractivity contribution in [3.63, 3.8) is 0 Å². The van der Waals surface area contributed by atoms with E-state index in [2.05, 4.69) is 15.9 Å². The van der Waals surface area contributed by atoms with Crippen LogP contribution in [-0.2, 0) is 0 Å². The Kier molecular flexibility index (Phi) is 2.75. The Labute approximate surface area is 74.3 Å². The largest absolute Gasteiger partial charge is 0.118 e. The van der Waals surface area contributed by atoms with Crippen molar-refractivity contribution in [3.8, 4) is 0 Å². The summed E-state index contributed by atoms with van der Waals surface area (Å²) in [5.74, 6) is 0. The van der Waals surface area contributed by atoms with Crippen LogP contribution in [0.15, 0.2) is 28.7 Å². The van der Waals surface area contributed by atoms with Gasteiger partial charge in [-0.2, -0.15) is 0 Å². The average Bonchev–Trinajstić information content (AvgIpc) is 1.88. The highest BCUT2D eigenvalue weighted by atomic mass is 79.9. The molecule has 0 aliphatic rings. The molecule has 10 heavy (non-hydrogen) atoms. The quantitative estimate of drug-likeness (QED) is 0.631. The lowest BCUT2D eigenvalue weighted by Gasteiger charge is -2.01. The molecular formula is C8H8BrCl. The maximum atomic E-state index is 5.85. The van der Waals surface area contributed by atoms with Gasteiger partial charge in [-0.1, -0.05) is 28.1 Å². The summed E-state index contributed by atoms with van der Waals surface area (Å²) in [6.07, 6.45) is 0. The van der Waals surface area contributed by atoms with Crippen molar-refractivity contribution >= 4 is 27.5 Å². The molecule has 0 aliphatic carbocycles. The molecule has 1 aromatic rings. The molecule has 0 N–H and O–H groups in total. The number of halogens is 2. The van der Waals surface area contributed by atoms with Gasteiger partial charge in [0.2, 0.25) is 0 Å². The summed E-state index contributed by atoms with van der Waals surface area (Å²) >= 11 is 9.23. The molecule has 0 heterocycles. The predicted octanol–water partition coefficient (Wildman–Crippen LogP) is 3.75. The summed E-state index contributed by atoms with van der Waals surface area (Å²) in [4.78, 5) is 0. The summed E-state index contributed by atoms with van der Waals surface area (Å²) in [7, 11) is 0. The molecule has 0 amide bonds. The maximum Gasteiger partial charge on any atom is 0.0557 e. The van der Waals surface area contributed by atoms with E-state index >= 15 is 0 Å². The van der Waals surface area contributed by atoms with Crippen LogP contribution in [0.3, 0.4) is 0 Å². The number of hydrogen-bond donors (Lipinski definition) is 0. The standard InChI is InChI=1S/C8H8BrCl/c1-6(10)7-3-2-4-8(9)5-7/h2-6H,1H3/t6-/m0/s1. The molecule has 0 radical (unpaired) electrons. The molecule has 54 valence electrons. The molecule has 1 aromatic carbocycles. The minimum atomic E-state index is 0.0949. The van der Waals surface area contributed by atoms with Gasteiger partial charge in [0.05, 0.1) is 5.38 Å². The Balaban J connectivity index is 2.96. The van der Waals surface area contributed by atoms with E-state index in [1.165, 1.54) is 0 Å². The normalized spacial score (nSPS) is 13.1. The minimum absolute atomic E-state index is 0.0949. The molecular weight excluding hydrogens is 211 g/mol. The van der Waals surface area contributed by atoms with Crippen molar-refractivity contribution in [1.29, 1.82) is 0 Å². The molecule has 0 unspecified atom stereocenters. The molecule has 1 atom stereocenters. The monoisotopic (exact) mass is 218 g/mol. The average molecular weight is 220 g/mol. The van der Waals surface area contributed by atoms with E-state index in [1.807, 2.05) is 31.2 Å². The second-order valence-electron chi connectivity index (χ2n) is 2.17. The van der Waals surface area contributed by atoms with Gasteiger partial charge in [-0.3, -0.25) is 0 Å². The van der Waals surface area contributed by atoms with Crippen molar-refractivity contribution < 1.29 is 0 Å². The van der Waals surface area contributed by atoms with Gasteiger partial charge in [0.15, 0.2) is 0 Å². The topological polar surface area (TPSA) is 0 Å². The van der Waals surface area contributed by atoms with E-state index in [0.717, 1.165) is 10.0 Å². The van der Waals surface area contributed by atoms with Gasteiger partial charge in [-0.05, 0) is 24.6 Å². The third kappa shape index (κ3) is 1.99. The molecule has 0 nitrogen and oxygen atoms in total. The summed E-state index contributed by atoms with van der Waals surface area (Å²) < 4.78 is 1.08. The van der Waals surface area contributed by atoms with Crippen LogP contribution in [0, 0.1) is 0 Å². The van der Waals surface area contributed by atoms with Crippen LogP contribution in [0.5, 0.6) is 0 Å². The zero-order valence-electron chi connectivity index (χ0n) is 5.64. The molecule has 1 rings (SSSR count). The van der Waals surface area contributed by atoms with E-state index in [9.17, 15) is 0 Å². The number of rotatable bonds is 1. The number of hydrogen-bond acceptors (Lipinski definition) is 0. The Morgan fingerprint density at radius 1 is 1.50 bits per heavy atom. The van der Waals surface area contributed by atoms with Crippen LogP contribution < -0.4 is 0 Å². The summed E-state index contributed by atoms with van der Waals surface area (Å²) in [6.45, 7) is 1.96. The van der Waals surface area contributed by atoms with E-state index in [0.29, 0.717) is 0 Å². The fourth-order valence-electron chi connectivity index (χ4n) is 0.754. The first kappa shape index (κ1) is 8.09. The highest BCUT2D eigenvalue weighted by Crippen LogP contribution is 2.21. The fourth-order valence-corrected chi connectivity index (χ4v) is 1.31. The number of benzene rings is 1. The SMILES string of the molecule is C[C@H](Cl)c1cccc(Br)c1. The van der Waals surface area contributed by atoms with Crippen molar-refractivity contribution in [2.45, 2.75) is 12.3 Å². The van der Waals surface area contributed by atoms with Gasteiger partial charge < -0.3 is 0 Å². The van der Waals surface area contributed by atoms with Gasteiger partial charge in [-0.25, -0.2) is 0 Å². The Hall–Kier alpha value is -0.0100. The van der Waals surface area contributed by atoms with Crippen molar-refractivity contribution in [2.24, 2.45) is 0 Å². The van der Waals surface area contributed by atoms with Crippen LogP contribution in [0.1, 0.15) is 17.9 Å². The lowest BCUT2D eigenvalue weighted by molar-refractivity contribution is 1.08. The van der Waals surface area contributed by atoms with E-state index in [1.54, 1.807) is 0 Å². The van der Waals surface area contributed by atoms with Gasteiger partial charge >= 0.3 is 0 Å². The first-order valence-corrected chi connectivity index (χ1v) is 4.32. The first-order chi connectivity index (χ1) is 4.70. The molecule has 0 saturated heterocycles. The van der Waals surface area contributed by atoms with Gasteiger partial charge in [-0.15, -0.1) is 11.6 Å². The maximum absolute atomic E-state index is 5.85. The molecule has 0 bridgehead atoms. The van der Waals surface area contributed by atoms with Gasteiger partial charge in [0.25, 0.3) is 0 Å². The highest BCUT2D eigenvalue weighted by Gasteiger charge is 1.99. The van der Waals surface area contributed by atoms with Crippen LogP contribution in [0.2, 0.25) is 0 Å². The zero-order chi connectivity index (χ0) is 7.56. The summed E-state index contributed by atoms with van der Waals surface area (Å²) in [5.41, 5.74) is 1.15. The van der Waals surface area contributed by atoms with Crippen molar-refractivity contribution in [2.75, 3.05) is 0 Å². The van der Waals surface area contributed by atoms with Crippen LogP contribution in [-0.4, -0.2) is 0 Å². The van der Waals surface area contributed by atoms with E-state index in [-0.39, 0.29) is 5.38 Å². The summed E-state index contributed by atoms with van der Waals surface area (Å²) in [6, 6.07) is 8.02. The van der Waals surface area contributed by atoms with E-state index in [4.69, 9.17) is 11.6 Å². The van der Waals surface area contributed by atoms with E-state index < -0.39 is 0 Å². The van der Waals surface area contributed by atoms with Gasteiger partial charge in [0.1, 0.15) is 0 Å². The molecule has 2 heteroatoms. The second kappa shape index (κ2) is 3.40. The molecule has 0 aromatic heterocycles. The lowest BCUT2D eigenvalue weighted by atomic mass is 10.2. The molecule has 0 aliphatic heterocycles. The van der Waals surface area contributed by atoms with Crippen LogP contribution >= 0.6 is 27.5 Å². The van der Waals surface area contributed by atoms with Gasteiger partial charge in [0, 0.05) is 4.47 Å². The minimum Gasteiger partial charge on any atom is -0.118 e. The smallest absolute Gasteiger partial charge is 0.0557 e.